The number of methoxy groups -OCH3 is 3. The summed E-state index contributed by atoms with van der Waals surface area (Å²) in [7, 11) is 7.72. The first-order valence-corrected chi connectivity index (χ1v) is 42.5. The lowest BCUT2D eigenvalue weighted by molar-refractivity contribution is -0.167. The van der Waals surface area contributed by atoms with E-state index < -0.39 is 195 Å². The Morgan fingerprint density at radius 2 is 0.929 bits per heavy atom. The third-order valence-corrected chi connectivity index (χ3v) is 23.5. The number of carbonyl (C=O) groups is 6. The van der Waals surface area contributed by atoms with E-state index in [2.05, 4.69) is 35.9 Å². The maximum Gasteiger partial charge on any atom is 0.417 e. The van der Waals surface area contributed by atoms with Crippen molar-refractivity contribution in [2.45, 2.75) is 107 Å². The molecule has 15 rings (SSSR count). The van der Waals surface area contributed by atoms with Gasteiger partial charge in [0.05, 0.1) is 86.2 Å². The minimum Gasteiger partial charge on any atom is -0.467 e. The van der Waals surface area contributed by atoms with Crippen molar-refractivity contribution in [3.63, 3.8) is 0 Å². The van der Waals surface area contributed by atoms with Gasteiger partial charge in [-0.25, -0.2) is 56.3 Å². The number of nitrogens with zero attached hydrogens (tertiary/aromatic N) is 12. The van der Waals surface area contributed by atoms with Gasteiger partial charge in [0.15, 0.2) is 0 Å². The van der Waals surface area contributed by atoms with Crippen molar-refractivity contribution in [1.29, 1.82) is 0 Å². The number of rotatable bonds is 23. The summed E-state index contributed by atoms with van der Waals surface area (Å²) in [5, 5.41) is 9.15. The highest BCUT2D eigenvalue weighted by Gasteiger charge is 2.48. The number of fused-ring (bicyclic) bond motifs is 4. The second-order valence-electron chi connectivity index (χ2n) is 32.1. The number of benzene rings is 4. The topological polar surface area (TPSA) is 334 Å². The van der Waals surface area contributed by atoms with Crippen LogP contribution in [0.2, 0.25) is 5.02 Å². The molecule has 0 bridgehead atoms. The molecule has 0 unspecified atom stereocenters. The Hall–Kier alpha value is -14.8. The number of carbonyl (C=O) groups excluding carboxylic acids is 6. The molecule has 2 aliphatic rings. The number of amides is 3. The number of alkyl halides is 12. The molecule has 740 valence electrons. The van der Waals surface area contributed by atoms with Gasteiger partial charge in [-0.1, -0.05) is 36.7 Å². The predicted molar refractivity (Wildman–Crippen MR) is 472 cm³/mol. The Kier molecular flexibility index (Phi) is 30.4. The molecule has 0 radical (unpaired) electrons. The number of morpholine rings is 2. The quantitative estimate of drug-likeness (QED) is 0.0262. The van der Waals surface area contributed by atoms with Gasteiger partial charge in [-0.05, 0) is 117 Å². The summed E-state index contributed by atoms with van der Waals surface area (Å²) < 4.78 is 271. The van der Waals surface area contributed by atoms with Crippen LogP contribution in [0.1, 0.15) is 78.5 Å². The SMILES string of the molecule is CC[C@@H](Nc1cc(F)c(C(=O)N[C@@H](Cc2ccc(-c3nc(C)cn(C)c3=O)c3nccn23)C(=O)OC)c(F)c1)C(F)(F)F.COC(=O)[C@H](Cc1ccc(-c2c(C(F)(F)F)cc(C)n(C)c2=O)c2nccn12)NC(=O)c1c(F)cc(N2CCOC[C@@H]2C(F)(F)F)cc1Cl.COC(=O)[C@H](Cc1ccc(-c2cc3ccccc3n(C)c2=O)c2nccn12)NC(=O)c1c(F)cc(N2CCOC[C@H]2C(F)(F)F)cc1F. The maximum atomic E-state index is 15.4. The molecule has 4 N–H and O–H groups in total. The Labute approximate surface area is 785 Å². The summed E-state index contributed by atoms with van der Waals surface area (Å²) in [4.78, 5) is 136. The fourth-order valence-corrected chi connectivity index (χ4v) is 16.5. The largest absolute Gasteiger partial charge is 0.467 e. The van der Waals surface area contributed by atoms with Gasteiger partial charge in [0.1, 0.15) is 99.1 Å². The summed E-state index contributed by atoms with van der Waals surface area (Å²) in [5.41, 5.74) is -3.06. The number of para-hydroxylation sites is 1. The normalized spacial score (nSPS) is 15.1. The summed E-state index contributed by atoms with van der Waals surface area (Å²) in [6.07, 6.45) is -9.91. The van der Waals surface area contributed by atoms with E-state index >= 15 is 13.2 Å². The van der Waals surface area contributed by atoms with E-state index in [0.717, 1.165) is 64.8 Å². The summed E-state index contributed by atoms with van der Waals surface area (Å²) >= 11 is 6.21. The number of anilines is 3. The van der Waals surface area contributed by atoms with Crippen LogP contribution >= 0.6 is 11.6 Å². The van der Waals surface area contributed by atoms with Crippen LogP contribution in [0.25, 0.3) is 61.4 Å². The van der Waals surface area contributed by atoms with Gasteiger partial charge < -0.3 is 81.7 Å². The summed E-state index contributed by atoms with van der Waals surface area (Å²) in [6, 6.07) is 12.4. The van der Waals surface area contributed by atoms with Crippen LogP contribution in [0.3, 0.4) is 0 Å². The molecular weight excluding hydrogens is 1910 g/mol. The first-order chi connectivity index (χ1) is 66.1. The molecule has 6 atom stereocenters. The molecule has 2 fully saturated rings. The van der Waals surface area contributed by atoms with Crippen LogP contribution < -0.4 is 47.7 Å². The van der Waals surface area contributed by atoms with Gasteiger partial charge in [0, 0.05) is 153 Å². The minimum atomic E-state index is -4.88. The van der Waals surface area contributed by atoms with Crippen molar-refractivity contribution in [2.24, 2.45) is 21.1 Å². The lowest BCUT2D eigenvalue weighted by Crippen LogP contribution is -2.53. The molecule has 3 amide bonds. The van der Waals surface area contributed by atoms with E-state index in [1.54, 1.807) is 78.7 Å². The fourth-order valence-electron chi connectivity index (χ4n) is 16.2. The molecule has 0 spiro atoms. The Balaban J connectivity index is 0.000000177. The van der Waals surface area contributed by atoms with Crippen LogP contribution in [0.5, 0.6) is 0 Å². The standard InChI is InChI=1S/C33H28F5N5O5.C31H27ClF7N5O5.C28H27F5N6O4/c1-41-26-6-4-3-5-18(26)13-22(31(41)45)21-8-7-19(43-10-9-39-29(21)43)16-25(32(46)47-2)40-30(44)28-23(34)14-20(15-24(28)35)42-11-12-48-17-27(42)33(36,37)38;1-15-10-19(30(34,35)36)24(28(46)42(15)2)18-5-4-16(44-7-6-40-26(18)44)13-22(29(47)48-3)41-27(45)25-20(32)11-17(12-21(25)33)43-8-9-49-14-23(43)31(37,38)39;1-5-21(28(31,32)33)36-15-10-18(29)22(19(30)11-15)25(40)37-20(27(42)43-4)12-16-6-7-17(24-34-8-9-39(16)24)23-26(41)38(3)13-14(2)35-23/h3-10,13-15,25,27H,11-12,16-17H2,1-2H3,(H,40,44);4-7,10-12,22-23H,8-9,13-14H2,1-3H3,(H,41,45);6-11,13,20-21,36H,5,12H2,1-4H3,(H,37,40)/t25-,27-;22-,23+;20-,21+/m000/s1. The Morgan fingerprint density at radius 3 is 1.37 bits per heavy atom. The molecule has 30 nitrogen and oxygen atoms in total. The Bertz CT molecular complexity index is 7110. The van der Waals surface area contributed by atoms with Crippen molar-refractivity contribution < 1.29 is 127 Å². The predicted octanol–water partition coefficient (Wildman–Crippen LogP) is 13.5. The molecule has 13 aromatic rings. The fraction of sp³-hybridized carbons (Fsp3) is 0.315. The first kappa shape index (κ1) is 103. The number of aryl methyl sites for hydroxylation is 4. The van der Waals surface area contributed by atoms with Gasteiger partial charge in [0.2, 0.25) is 0 Å². The number of aromatic nitrogens is 10. The second kappa shape index (κ2) is 41.5. The molecule has 9 aromatic heterocycles. The zero-order valence-corrected chi connectivity index (χ0v) is 75.6. The molecule has 2 aliphatic heterocycles. The van der Waals surface area contributed by atoms with Gasteiger partial charge >= 0.3 is 42.6 Å². The highest BCUT2D eigenvalue weighted by atomic mass is 35.5. The number of halogens is 18. The van der Waals surface area contributed by atoms with E-state index in [9.17, 15) is 105 Å². The third kappa shape index (κ3) is 21.7. The molecule has 48 heteroatoms. The molecule has 2 saturated heterocycles. The van der Waals surface area contributed by atoms with Crippen molar-refractivity contribution >= 4 is 92.1 Å². The average molecular weight is 1990 g/mol. The monoisotopic (exact) mass is 1990 g/mol. The molecular formula is C92H82ClF17N16O14. The lowest BCUT2D eigenvalue weighted by Gasteiger charge is -2.38. The van der Waals surface area contributed by atoms with E-state index in [0.29, 0.717) is 69.3 Å². The van der Waals surface area contributed by atoms with Crippen molar-refractivity contribution in [1.82, 2.24) is 62.8 Å². The summed E-state index contributed by atoms with van der Waals surface area (Å²) in [6.45, 7) is 2.25. The van der Waals surface area contributed by atoms with Crippen LogP contribution in [-0.4, -0.2) is 198 Å². The Morgan fingerprint density at radius 1 is 0.507 bits per heavy atom. The summed E-state index contributed by atoms with van der Waals surface area (Å²) in [5.74, 6) is -13.7. The third-order valence-electron chi connectivity index (χ3n) is 23.2. The van der Waals surface area contributed by atoms with Gasteiger partial charge in [-0.15, -0.1) is 0 Å². The van der Waals surface area contributed by atoms with Gasteiger partial charge in [-0.3, -0.25) is 28.8 Å². The van der Waals surface area contributed by atoms with Crippen molar-refractivity contribution in [3.05, 3.63) is 268 Å². The average Bonchev–Trinajstić information content (AvgIpc) is 1.35. The smallest absolute Gasteiger partial charge is 0.417 e. The first-order valence-electron chi connectivity index (χ1n) is 42.1. The molecule has 11 heterocycles. The number of ether oxygens (including phenoxy) is 5. The molecule has 0 aliphatic carbocycles. The van der Waals surface area contributed by atoms with Crippen LogP contribution in [-0.2, 0) is 84.6 Å². The number of hydrogen-bond donors (Lipinski definition) is 4. The second-order valence-corrected chi connectivity index (χ2v) is 32.5. The number of nitrogens with one attached hydrogen (secondary N) is 4. The highest BCUT2D eigenvalue weighted by molar-refractivity contribution is 6.34. The van der Waals surface area contributed by atoms with Gasteiger partial charge in [-0.2, -0.15) is 52.7 Å². The van der Waals surface area contributed by atoms with Crippen LogP contribution in [0.4, 0.5) is 91.7 Å². The highest BCUT2D eigenvalue weighted by Crippen LogP contribution is 2.41. The van der Waals surface area contributed by atoms with E-state index in [4.69, 9.17) is 35.3 Å². The number of pyridine rings is 5. The lowest BCUT2D eigenvalue weighted by atomic mass is 9.99. The number of esters is 3. The molecule has 140 heavy (non-hydrogen) atoms. The van der Waals surface area contributed by atoms with Crippen LogP contribution in [0, 0.1) is 42.9 Å². The molecule has 4 aromatic carbocycles. The number of imidazole rings is 3. The van der Waals surface area contributed by atoms with E-state index in [1.165, 1.54) is 71.4 Å². The van der Waals surface area contributed by atoms with E-state index in [-0.39, 0.29) is 90.7 Å². The van der Waals surface area contributed by atoms with Crippen LogP contribution in [0.15, 0.2) is 167 Å². The number of hydrogen-bond acceptors (Lipinski definition) is 21. The zero-order chi connectivity index (χ0) is 102. The maximum absolute atomic E-state index is 15.4. The zero-order valence-electron chi connectivity index (χ0n) is 74.9. The van der Waals surface area contributed by atoms with Crippen molar-refractivity contribution in [2.75, 3.05) is 76.0 Å². The molecule has 0 saturated carbocycles. The van der Waals surface area contributed by atoms with Gasteiger partial charge in [0.25, 0.3) is 34.4 Å². The van der Waals surface area contributed by atoms with E-state index in [1.807, 2.05) is 29.6 Å². The minimum absolute atomic E-state index is 0.0643. The van der Waals surface area contributed by atoms with Crippen molar-refractivity contribution in [3.8, 4) is 33.5 Å².